The van der Waals surface area contributed by atoms with Crippen LogP contribution in [0, 0.1) is 0 Å². The van der Waals surface area contributed by atoms with Gasteiger partial charge in [0.25, 0.3) is 0 Å². The molecule has 0 radical (unpaired) electrons. The van der Waals surface area contributed by atoms with Crippen molar-refractivity contribution in [1.82, 2.24) is 4.90 Å². The van der Waals surface area contributed by atoms with Crippen LogP contribution < -0.4 is 0 Å². The number of carboxylic acids is 2. The molecule has 2 aromatic rings. The Hall–Kier alpha value is -3.51. The van der Waals surface area contributed by atoms with Gasteiger partial charge in [0.15, 0.2) is 0 Å². The van der Waals surface area contributed by atoms with Gasteiger partial charge in [-0.3, -0.25) is 9.59 Å². The fraction of sp³-hybridized carbons (Fsp3) is 0.483. The molecule has 0 spiro atoms. The average Bonchev–Trinajstić information content (AvgIpc) is 3.26. The minimum absolute atomic E-state index is 0.0587. The summed E-state index contributed by atoms with van der Waals surface area (Å²) >= 11 is 0. The molecule has 0 aliphatic heterocycles. The van der Waals surface area contributed by atoms with Crippen molar-refractivity contribution in [2.24, 2.45) is 0 Å². The van der Waals surface area contributed by atoms with Crippen LogP contribution >= 0.6 is 0 Å². The molecule has 3 rings (SSSR count). The van der Waals surface area contributed by atoms with Crippen molar-refractivity contribution in [2.75, 3.05) is 72.6 Å². The number of aliphatic carboxylic acids is 2. The van der Waals surface area contributed by atoms with Crippen molar-refractivity contribution in [2.45, 2.75) is 18.8 Å². The first-order valence-corrected chi connectivity index (χ1v) is 13.3. The number of amides is 1. The van der Waals surface area contributed by atoms with E-state index >= 15 is 0 Å². The lowest BCUT2D eigenvalue weighted by atomic mass is 9.98. The molecule has 11 heteroatoms. The molecule has 0 fully saturated rings. The third-order valence-electron chi connectivity index (χ3n) is 6.27. The summed E-state index contributed by atoms with van der Waals surface area (Å²) in [5, 5.41) is 17.3. The summed E-state index contributed by atoms with van der Waals surface area (Å²) in [6.07, 6.45) is -0.621. The van der Waals surface area contributed by atoms with E-state index in [1.807, 2.05) is 24.3 Å². The van der Waals surface area contributed by atoms with Gasteiger partial charge in [-0.05, 0) is 22.3 Å². The van der Waals surface area contributed by atoms with E-state index < -0.39 is 18.0 Å². The molecule has 1 amide bonds. The van der Waals surface area contributed by atoms with Crippen LogP contribution in [0.15, 0.2) is 48.5 Å². The number of carbonyl (C=O) groups excluding carboxylic acids is 1. The van der Waals surface area contributed by atoms with E-state index in [4.69, 9.17) is 33.9 Å². The maximum Gasteiger partial charge on any atom is 0.409 e. The zero-order valence-electron chi connectivity index (χ0n) is 22.5. The van der Waals surface area contributed by atoms with Crippen LogP contribution in [0.1, 0.15) is 29.9 Å². The summed E-state index contributed by atoms with van der Waals surface area (Å²) < 4.78 is 27.3. The lowest BCUT2D eigenvalue weighted by Gasteiger charge is -2.23. The van der Waals surface area contributed by atoms with Crippen molar-refractivity contribution in [3.63, 3.8) is 0 Å². The van der Waals surface area contributed by atoms with Crippen molar-refractivity contribution in [3.05, 3.63) is 59.7 Å². The number of nitrogens with zero attached hydrogens (tertiary/aromatic N) is 1. The quantitative estimate of drug-likeness (QED) is 0.232. The summed E-state index contributed by atoms with van der Waals surface area (Å²) in [6, 6.07) is 16.2. The number of ether oxygens (including phenoxy) is 5. The number of rotatable bonds is 20. The summed E-state index contributed by atoms with van der Waals surface area (Å²) in [7, 11) is 0. The molecule has 1 aliphatic rings. The number of hydrogen-bond acceptors (Lipinski definition) is 8. The Kier molecular flexibility index (Phi) is 13.4. The van der Waals surface area contributed by atoms with E-state index in [2.05, 4.69) is 24.3 Å². The standard InChI is InChI=1S/C29H37NO10/c31-27(32)9-13-36-17-19-38-15-11-30(12-16-39-20-18-37-14-10-28(33)34)29(35)40-21-26-24-7-3-1-5-22(24)23-6-2-4-8-25(23)26/h1-8,26H,9-21H2,(H,31,32)(H,33,34). The van der Waals surface area contributed by atoms with Crippen LogP contribution in [0.4, 0.5) is 4.79 Å². The zero-order valence-corrected chi connectivity index (χ0v) is 22.5. The van der Waals surface area contributed by atoms with Gasteiger partial charge in [-0.2, -0.15) is 0 Å². The van der Waals surface area contributed by atoms with Crippen molar-refractivity contribution in [3.8, 4) is 11.1 Å². The predicted octanol–water partition coefficient (Wildman–Crippen LogP) is 3.25. The molecule has 0 bridgehead atoms. The SMILES string of the molecule is O=C(O)CCOCCOCCN(CCOCCOCCC(=O)O)C(=O)OCC1c2ccccc2-c2ccccc21. The van der Waals surface area contributed by atoms with E-state index in [0.29, 0.717) is 0 Å². The molecular weight excluding hydrogens is 522 g/mol. The summed E-state index contributed by atoms with van der Waals surface area (Å²) in [6.45, 7) is 2.48. The molecule has 0 saturated carbocycles. The number of carbonyl (C=O) groups is 3. The molecule has 2 N–H and O–H groups in total. The van der Waals surface area contributed by atoms with E-state index in [1.165, 1.54) is 4.90 Å². The first-order valence-electron chi connectivity index (χ1n) is 13.3. The first-order chi connectivity index (χ1) is 19.5. The molecule has 0 aromatic heterocycles. The highest BCUT2D eigenvalue weighted by atomic mass is 16.6. The Bertz CT molecular complexity index is 1020. The van der Waals surface area contributed by atoms with Crippen LogP contribution in [0.5, 0.6) is 0 Å². The molecule has 2 aromatic carbocycles. The Labute approximate surface area is 233 Å². The normalized spacial score (nSPS) is 12.1. The van der Waals surface area contributed by atoms with Gasteiger partial charge in [0.1, 0.15) is 6.61 Å². The van der Waals surface area contributed by atoms with E-state index in [9.17, 15) is 14.4 Å². The topological polar surface area (TPSA) is 141 Å². The Morgan fingerprint density at radius 3 is 1.50 bits per heavy atom. The Morgan fingerprint density at radius 2 is 1.05 bits per heavy atom. The lowest BCUT2D eigenvalue weighted by Crippen LogP contribution is -2.38. The maximum atomic E-state index is 13.1. The van der Waals surface area contributed by atoms with Crippen LogP contribution in [0.2, 0.25) is 0 Å². The third-order valence-corrected chi connectivity index (χ3v) is 6.27. The van der Waals surface area contributed by atoms with Crippen molar-refractivity contribution in [1.29, 1.82) is 0 Å². The second-order valence-electron chi connectivity index (χ2n) is 9.03. The van der Waals surface area contributed by atoms with E-state index in [-0.39, 0.29) is 91.3 Å². The molecule has 11 nitrogen and oxygen atoms in total. The van der Waals surface area contributed by atoms with Gasteiger partial charge in [-0.15, -0.1) is 0 Å². The molecule has 40 heavy (non-hydrogen) atoms. The van der Waals surface area contributed by atoms with Gasteiger partial charge in [-0.1, -0.05) is 48.5 Å². The number of benzene rings is 2. The highest BCUT2D eigenvalue weighted by Gasteiger charge is 2.29. The van der Waals surface area contributed by atoms with Gasteiger partial charge >= 0.3 is 18.0 Å². The van der Waals surface area contributed by atoms with Gasteiger partial charge in [0.05, 0.1) is 65.7 Å². The summed E-state index contributed by atoms with van der Waals surface area (Å²) in [4.78, 5) is 35.7. The lowest BCUT2D eigenvalue weighted by molar-refractivity contribution is -0.139. The van der Waals surface area contributed by atoms with Gasteiger partial charge < -0.3 is 38.8 Å². The zero-order chi connectivity index (χ0) is 28.6. The highest BCUT2D eigenvalue weighted by Crippen LogP contribution is 2.44. The second-order valence-corrected chi connectivity index (χ2v) is 9.03. The monoisotopic (exact) mass is 559 g/mol. The smallest absolute Gasteiger partial charge is 0.409 e. The van der Waals surface area contributed by atoms with Crippen molar-refractivity contribution >= 4 is 18.0 Å². The molecule has 218 valence electrons. The van der Waals surface area contributed by atoms with Crippen molar-refractivity contribution < 1.29 is 48.3 Å². The van der Waals surface area contributed by atoms with Gasteiger partial charge in [0.2, 0.25) is 0 Å². The molecule has 0 atom stereocenters. The highest BCUT2D eigenvalue weighted by molar-refractivity contribution is 5.79. The second kappa shape index (κ2) is 17.2. The van der Waals surface area contributed by atoms with Crippen LogP contribution in [0.3, 0.4) is 0 Å². The minimum atomic E-state index is -0.923. The summed E-state index contributed by atoms with van der Waals surface area (Å²) in [5.74, 6) is -1.90. The summed E-state index contributed by atoms with van der Waals surface area (Å²) in [5.41, 5.74) is 4.55. The number of hydrogen-bond donors (Lipinski definition) is 2. The molecule has 0 unspecified atom stereocenters. The fourth-order valence-corrected chi connectivity index (χ4v) is 4.29. The molecule has 0 saturated heterocycles. The van der Waals surface area contributed by atoms with Crippen LogP contribution in [0.25, 0.3) is 11.1 Å². The predicted molar refractivity (Wildman–Crippen MR) is 144 cm³/mol. The van der Waals surface area contributed by atoms with Crippen LogP contribution in [-0.4, -0.2) is 106 Å². The van der Waals surface area contributed by atoms with E-state index in [1.54, 1.807) is 0 Å². The molecule has 1 aliphatic carbocycles. The first kappa shape index (κ1) is 31.0. The molecular formula is C29H37NO10. The number of carboxylic acid groups (broad SMARTS) is 2. The fourth-order valence-electron chi connectivity index (χ4n) is 4.29. The van der Waals surface area contributed by atoms with Gasteiger partial charge in [0, 0.05) is 19.0 Å². The average molecular weight is 560 g/mol. The van der Waals surface area contributed by atoms with Crippen LogP contribution in [-0.2, 0) is 33.3 Å². The Balaban J connectivity index is 1.47. The Morgan fingerprint density at radius 1 is 0.625 bits per heavy atom. The van der Waals surface area contributed by atoms with E-state index in [0.717, 1.165) is 22.3 Å². The number of fused-ring (bicyclic) bond motifs is 3. The maximum absolute atomic E-state index is 13.1. The van der Waals surface area contributed by atoms with Gasteiger partial charge in [-0.25, -0.2) is 4.79 Å². The largest absolute Gasteiger partial charge is 0.481 e. The third kappa shape index (κ3) is 10.2. The molecule has 0 heterocycles. The minimum Gasteiger partial charge on any atom is -0.481 e.